The normalized spacial score (nSPS) is 11.0. The predicted molar refractivity (Wildman–Crippen MR) is 108 cm³/mol. The zero-order valence-electron chi connectivity index (χ0n) is 15.2. The molecule has 4 rings (SSSR count). The summed E-state index contributed by atoms with van der Waals surface area (Å²) in [4.78, 5) is 16.2. The van der Waals surface area contributed by atoms with Gasteiger partial charge >= 0.3 is 5.97 Å². The van der Waals surface area contributed by atoms with Crippen molar-refractivity contribution < 1.29 is 9.53 Å². The number of methoxy groups -OCH3 is 1. The van der Waals surface area contributed by atoms with Crippen LogP contribution in [-0.4, -0.2) is 22.6 Å². The van der Waals surface area contributed by atoms with Gasteiger partial charge in [-0.2, -0.15) is 0 Å². The molecule has 2 heterocycles. The summed E-state index contributed by atoms with van der Waals surface area (Å²) >= 11 is 0. The van der Waals surface area contributed by atoms with E-state index in [4.69, 9.17) is 4.74 Å². The molecule has 0 atom stereocenters. The van der Waals surface area contributed by atoms with Crippen LogP contribution in [0, 0.1) is 0 Å². The molecule has 27 heavy (non-hydrogen) atoms. The Kier molecular flexibility index (Phi) is 4.75. The lowest BCUT2D eigenvalue weighted by Gasteiger charge is -2.08. The van der Waals surface area contributed by atoms with Gasteiger partial charge in [0.2, 0.25) is 0 Å². The minimum absolute atomic E-state index is 0.213. The number of ether oxygens (including phenoxy) is 1. The second-order valence-corrected chi connectivity index (χ2v) is 6.42. The van der Waals surface area contributed by atoms with Crippen LogP contribution in [0.15, 0.2) is 66.9 Å². The first kappa shape index (κ1) is 17.1. The molecule has 5 heteroatoms. The largest absolute Gasteiger partial charge is 0.469 e. The lowest BCUT2D eigenvalue weighted by molar-refractivity contribution is -0.140. The first-order valence-corrected chi connectivity index (χ1v) is 8.98. The third-order valence-electron chi connectivity index (χ3n) is 4.74. The Morgan fingerprint density at radius 1 is 1.04 bits per heavy atom. The number of pyridine rings is 1. The van der Waals surface area contributed by atoms with Crippen LogP contribution < -0.4 is 5.32 Å². The number of nitrogens with zero attached hydrogens (tertiary/aromatic N) is 2. The highest BCUT2D eigenvalue weighted by atomic mass is 16.5. The molecule has 0 saturated carbocycles. The lowest BCUT2D eigenvalue weighted by atomic mass is 10.2. The molecule has 0 fully saturated rings. The van der Waals surface area contributed by atoms with Crippen LogP contribution in [0.25, 0.3) is 21.8 Å². The third-order valence-corrected chi connectivity index (χ3v) is 4.74. The summed E-state index contributed by atoms with van der Waals surface area (Å²) in [5, 5.41) is 5.67. The van der Waals surface area contributed by atoms with E-state index in [2.05, 4.69) is 45.2 Å². The van der Waals surface area contributed by atoms with E-state index in [-0.39, 0.29) is 5.97 Å². The number of carbonyl (C=O) groups excluding carboxylic acids is 1. The molecule has 4 aromatic rings. The van der Waals surface area contributed by atoms with Gasteiger partial charge in [0.05, 0.1) is 25.2 Å². The maximum atomic E-state index is 11.6. The summed E-state index contributed by atoms with van der Waals surface area (Å²) in [5.74, 6) is 0.622. The Labute approximate surface area is 157 Å². The molecule has 0 aliphatic heterocycles. The summed E-state index contributed by atoms with van der Waals surface area (Å²) in [6, 6.07) is 20.5. The van der Waals surface area contributed by atoms with Gasteiger partial charge < -0.3 is 14.6 Å². The number of hydrogen-bond donors (Lipinski definition) is 1. The highest BCUT2D eigenvalue weighted by Gasteiger charge is 2.13. The van der Waals surface area contributed by atoms with E-state index < -0.39 is 0 Å². The fourth-order valence-corrected chi connectivity index (χ4v) is 3.38. The van der Waals surface area contributed by atoms with Gasteiger partial charge in [-0.3, -0.25) is 4.79 Å². The molecule has 0 aliphatic rings. The Bertz CT molecular complexity index is 1090. The number of benzene rings is 2. The summed E-state index contributed by atoms with van der Waals surface area (Å²) in [5.41, 5.74) is 3.32. The molecule has 0 radical (unpaired) electrons. The van der Waals surface area contributed by atoms with E-state index in [1.54, 1.807) is 0 Å². The standard InChI is InChI=1S/C22H21N3O2/c1-27-22(26)11-12-25-19-10-6-5-9-17(19)18-13-21(24-15-20(18)25)23-14-16-7-3-2-4-8-16/h2-10,13,15H,11-12,14H2,1H3,(H,23,24). The zero-order chi connectivity index (χ0) is 18.6. The Hall–Kier alpha value is -3.34. The molecule has 136 valence electrons. The molecule has 5 nitrogen and oxygen atoms in total. The minimum atomic E-state index is -0.213. The van der Waals surface area contributed by atoms with Gasteiger partial charge in [0.15, 0.2) is 0 Å². The van der Waals surface area contributed by atoms with E-state index in [9.17, 15) is 4.79 Å². The average molecular weight is 359 g/mol. The topological polar surface area (TPSA) is 56.1 Å². The summed E-state index contributed by atoms with van der Waals surface area (Å²) in [6.45, 7) is 1.29. The number of para-hydroxylation sites is 1. The van der Waals surface area contributed by atoms with E-state index in [1.165, 1.54) is 12.7 Å². The molecule has 0 spiro atoms. The fourth-order valence-electron chi connectivity index (χ4n) is 3.38. The molecule has 2 aromatic heterocycles. The van der Waals surface area contributed by atoms with Crippen molar-refractivity contribution in [3.8, 4) is 0 Å². The van der Waals surface area contributed by atoms with E-state index in [1.807, 2.05) is 36.5 Å². The second kappa shape index (κ2) is 7.50. The Morgan fingerprint density at radius 3 is 2.63 bits per heavy atom. The summed E-state index contributed by atoms with van der Waals surface area (Å²) < 4.78 is 6.92. The molecule has 1 N–H and O–H groups in total. The zero-order valence-corrected chi connectivity index (χ0v) is 15.2. The van der Waals surface area contributed by atoms with Gasteiger partial charge in [-0.15, -0.1) is 0 Å². The quantitative estimate of drug-likeness (QED) is 0.520. The number of anilines is 1. The van der Waals surface area contributed by atoms with Gasteiger partial charge in [0, 0.05) is 29.4 Å². The number of fused-ring (bicyclic) bond motifs is 3. The highest BCUT2D eigenvalue weighted by molar-refractivity contribution is 6.08. The maximum absolute atomic E-state index is 11.6. The number of aromatic nitrogens is 2. The second-order valence-electron chi connectivity index (χ2n) is 6.42. The molecule has 2 aromatic carbocycles. The van der Waals surface area contributed by atoms with Gasteiger partial charge in [0.1, 0.15) is 5.82 Å². The minimum Gasteiger partial charge on any atom is -0.469 e. The van der Waals surface area contributed by atoms with Crippen molar-refractivity contribution in [3.05, 3.63) is 72.4 Å². The molecular formula is C22H21N3O2. The van der Waals surface area contributed by atoms with Crippen LogP contribution in [0.2, 0.25) is 0 Å². The number of hydrogen-bond acceptors (Lipinski definition) is 4. The first-order valence-electron chi connectivity index (χ1n) is 8.98. The Balaban J connectivity index is 1.68. The van der Waals surface area contributed by atoms with Crippen molar-refractivity contribution in [1.82, 2.24) is 9.55 Å². The van der Waals surface area contributed by atoms with Gasteiger partial charge in [-0.25, -0.2) is 4.98 Å². The van der Waals surface area contributed by atoms with Gasteiger partial charge in [-0.05, 0) is 17.7 Å². The molecule has 0 aliphatic carbocycles. The average Bonchev–Trinajstić information content (AvgIpc) is 3.04. The van der Waals surface area contributed by atoms with Crippen LogP contribution in [0.5, 0.6) is 0 Å². The van der Waals surface area contributed by atoms with Crippen LogP contribution in [0.1, 0.15) is 12.0 Å². The van der Waals surface area contributed by atoms with Crippen molar-refractivity contribution in [2.75, 3.05) is 12.4 Å². The van der Waals surface area contributed by atoms with E-state index >= 15 is 0 Å². The lowest BCUT2D eigenvalue weighted by Crippen LogP contribution is -2.07. The number of esters is 1. The predicted octanol–water partition coefficient (Wildman–Crippen LogP) is 4.36. The highest BCUT2D eigenvalue weighted by Crippen LogP contribution is 2.30. The van der Waals surface area contributed by atoms with Crippen molar-refractivity contribution in [3.63, 3.8) is 0 Å². The van der Waals surface area contributed by atoms with Crippen molar-refractivity contribution >= 4 is 33.6 Å². The van der Waals surface area contributed by atoms with Crippen LogP contribution in [-0.2, 0) is 22.6 Å². The van der Waals surface area contributed by atoms with Crippen molar-refractivity contribution in [2.45, 2.75) is 19.5 Å². The Morgan fingerprint density at radius 2 is 1.81 bits per heavy atom. The van der Waals surface area contributed by atoms with Crippen molar-refractivity contribution in [2.24, 2.45) is 0 Å². The third kappa shape index (κ3) is 3.49. The maximum Gasteiger partial charge on any atom is 0.307 e. The van der Waals surface area contributed by atoms with Gasteiger partial charge in [0.25, 0.3) is 0 Å². The van der Waals surface area contributed by atoms with E-state index in [0.29, 0.717) is 13.0 Å². The molecule has 0 unspecified atom stereocenters. The fraction of sp³-hybridized carbons (Fsp3) is 0.182. The first-order chi connectivity index (χ1) is 13.3. The molecule has 0 saturated heterocycles. The molecular weight excluding hydrogens is 338 g/mol. The van der Waals surface area contributed by atoms with Crippen LogP contribution in [0.3, 0.4) is 0 Å². The smallest absolute Gasteiger partial charge is 0.307 e. The number of aryl methyl sites for hydroxylation is 1. The number of rotatable bonds is 6. The molecule has 0 bridgehead atoms. The van der Waals surface area contributed by atoms with Crippen molar-refractivity contribution in [1.29, 1.82) is 0 Å². The van der Waals surface area contributed by atoms with Gasteiger partial charge in [-0.1, -0.05) is 48.5 Å². The SMILES string of the molecule is COC(=O)CCn1c2ccccc2c2cc(NCc3ccccc3)ncc21. The molecule has 0 amide bonds. The number of carbonyl (C=O) groups is 1. The number of nitrogens with one attached hydrogen (secondary N) is 1. The van der Waals surface area contributed by atoms with Crippen LogP contribution in [0.4, 0.5) is 5.82 Å². The summed E-state index contributed by atoms with van der Waals surface area (Å²) in [6.07, 6.45) is 2.21. The monoisotopic (exact) mass is 359 g/mol. The summed E-state index contributed by atoms with van der Waals surface area (Å²) in [7, 11) is 1.42. The van der Waals surface area contributed by atoms with Crippen LogP contribution >= 0.6 is 0 Å². The van der Waals surface area contributed by atoms with E-state index in [0.717, 1.165) is 34.2 Å².